The van der Waals surface area contributed by atoms with Crippen LogP contribution in [0.5, 0.6) is 0 Å². The minimum absolute atomic E-state index is 0.0674. The minimum atomic E-state index is -1.55. The van der Waals surface area contributed by atoms with Gasteiger partial charge in [-0.3, -0.25) is 28.8 Å². The fourth-order valence-electron chi connectivity index (χ4n) is 4.85. The largest absolute Gasteiger partial charge is 0.324 e. The molecule has 282 valence electrons. The molecule has 0 saturated carbocycles. The van der Waals surface area contributed by atoms with Gasteiger partial charge < -0.3 is 21.3 Å². The van der Waals surface area contributed by atoms with E-state index in [0.717, 1.165) is 0 Å². The molecule has 4 N–H and O–H groups in total. The van der Waals surface area contributed by atoms with E-state index in [1.165, 1.54) is 74.5 Å². The van der Waals surface area contributed by atoms with Gasteiger partial charge in [0, 0.05) is 33.9 Å². The van der Waals surface area contributed by atoms with Crippen LogP contribution in [-0.4, -0.2) is 47.3 Å². The molecule has 0 spiro atoms. The maximum absolute atomic E-state index is 13.1. The Morgan fingerprint density at radius 2 is 0.804 bits per heavy atom. The molecule has 0 aliphatic rings. The van der Waals surface area contributed by atoms with Crippen LogP contribution in [-0.2, 0) is 19.2 Å². The molecule has 0 saturated heterocycles. The van der Waals surface area contributed by atoms with Crippen LogP contribution < -0.4 is 21.3 Å². The van der Waals surface area contributed by atoms with Gasteiger partial charge in [0.15, 0.2) is 11.6 Å². The monoisotopic (exact) mass is 790 g/mol. The van der Waals surface area contributed by atoms with E-state index in [0.29, 0.717) is 11.4 Å². The van der Waals surface area contributed by atoms with Crippen LogP contribution in [0.4, 0.5) is 34.1 Å². The standard InChI is InChI=1S/C40H32Cl2N8O6/c1-23(51)35(49-47-33-21-25(13-19-31(33)41)37(53)43-27-9-5-3-6-10-27)39(55)45-29-15-17-30(18-16-29)46-40(56)36(24(2)52)50-48-34-22-26(14-20-32(34)42)38(54)44-28-11-7-4-8-12-28/h3-22,35-36H,1-2H3,(H,43,53)(H,44,54)(H,45,55)(H,46,56). The van der Waals surface area contributed by atoms with Gasteiger partial charge in [-0.25, -0.2) is 0 Å². The summed E-state index contributed by atoms with van der Waals surface area (Å²) in [7, 11) is 0. The number of para-hydroxylation sites is 2. The Morgan fingerprint density at radius 1 is 0.464 bits per heavy atom. The number of amides is 4. The number of nitrogens with zero attached hydrogens (tertiary/aromatic N) is 4. The highest BCUT2D eigenvalue weighted by molar-refractivity contribution is 6.33. The van der Waals surface area contributed by atoms with Gasteiger partial charge in [-0.1, -0.05) is 59.6 Å². The molecule has 5 aromatic rings. The normalized spacial score (nSPS) is 12.1. The Bertz CT molecular complexity index is 2170. The van der Waals surface area contributed by atoms with Crippen molar-refractivity contribution in [3.8, 4) is 0 Å². The molecule has 14 nitrogen and oxygen atoms in total. The number of azo groups is 2. The van der Waals surface area contributed by atoms with E-state index in [9.17, 15) is 28.8 Å². The lowest BCUT2D eigenvalue weighted by Crippen LogP contribution is -2.32. The number of anilines is 4. The molecule has 0 aliphatic heterocycles. The Morgan fingerprint density at radius 3 is 1.14 bits per heavy atom. The van der Waals surface area contributed by atoms with Crippen molar-refractivity contribution < 1.29 is 28.8 Å². The molecule has 0 radical (unpaired) electrons. The van der Waals surface area contributed by atoms with Crippen molar-refractivity contribution in [2.75, 3.05) is 21.3 Å². The molecule has 5 rings (SSSR count). The van der Waals surface area contributed by atoms with E-state index >= 15 is 0 Å². The number of benzene rings is 5. The van der Waals surface area contributed by atoms with E-state index in [1.54, 1.807) is 48.5 Å². The minimum Gasteiger partial charge on any atom is -0.324 e. The topological polar surface area (TPSA) is 200 Å². The predicted octanol–water partition coefficient (Wildman–Crippen LogP) is 8.86. The Balaban J connectivity index is 1.21. The third-order valence-electron chi connectivity index (χ3n) is 7.73. The van der Waals surface area contributed by atoms with Gasteiger partial charge in [0.2, 0.25) is 12.1 Å². The molecule has 0 fully saturated rings. The van der Waals surface area contributed by atoms with Crippen LogP contribution >= 0.6 is 23.2 Å². The fraction of sp³-hybridized carbons (Fsp3) is 0.100. The van der Waals surface area contributed by atoms with E-state index in [1.807, 2.05) is 12.1 Å². The summed E-state index contributed by atoms with van der Waals surface area (Å²) < 4.78 is 0. The molecule has 0 heterocycles. The molecule has 16 heteroatoms. The van der Waals surface area contributed by atoms with Crippen LogP contribution in [0.15, 0.2) is 142 Å². The molecule has 2 atom stereocenters. The summed E-state index contributed by atoms with van der Waals surface area (Å²) in [4.78, 5) is 76.4. The number of hydrogen-bond donors (Lipinski definition) is 4. The summed E-state index contributed by atoms with van der Waals surface area (Å²) in [6.45, 7) is 2.34. The van der Waals surface area contributed by atoms with Gasteiger partial charge in [0.1, 0.15) is 11.4 Å². The summed E-state index contributed by atoms with van der Waals surface area (Å²) in [5, 5.41) is 26.7. The average Bonchev–Trinajstić information content (AvgIpc) is 3.17. The van der Waals surface area contributed by atoms with Gasteiger partial charge in [0.05, 0.1) is 10.0 Å². The average molecular weight is 792 g/mol. The van der Waals surface area contributed by atoms with Crippen molar-refractivity contribution in [1.82, 2.24) is 0 Å². The highest BCUT2D eigenvalue weighted by atomic mass is 35.5. The molecule has 0 aromatic heterocycles. The van der Waals surface area contributed by atoms with Crippen molar-refractivity contribution in [3.63, 3.8) is 0 Å². The van der Waals surface area contributed by atoms with Gasteiger partial charge in [-0.15, -0.1) is 0 Å². The van der Waals surface area contributed by atoms with E-state index in [4.69, 9.17) is 23.2 Å². The third-order valence-corrected chi connectivity index (χ3v) is 8.37. The summed E-state index contributed by atoms with van der Waals surface area (Å²) in [5.74, 6) is -3.68. The van der Waals surface area contributed by atoms with Crippen LogP contribution in [0.25, 0.3) is 0 Å². The van der Waals surface area contributed by atoms with Gasteiger partial charge in [0.25, 0.3) is 23.6 Å². The van der Waals surface area contributed by atoms with E-state index in [2.05, 4.69) is 41.7 Å². The number of nitrogens with one attached hydrogen (secondary N) is 4. The zero-order chi connectivity index (χ0) is 40.2. The van der Waals surface area contributed by atoms with Crippen molar-refractivity contribution in [1.29, 1.82) is 0 Å². The van der Waals surface area contributed by atoms with Crippen molar-refractivity contribution in [2.45, 2.75) is 25.9 Å². The van der Waals surface area contributed by atoms with Crippen molar-refractivity contribution in [2.24, 2.45) is 20.5 Å². The number of Topliss-reactive ketones (excluding diaryl/α,β-unsaturated/α-hetero) is 2. The summed E-state index contributed by atoms with van der Waals surface area (Å²) >= 11 is 12.5. The highest BCUT2D eigenvalue weighted by Gasteiger charge is 2.25. The molecular weight excluding hydrogens is 759 g/mol. The first-order valence-corrected chi connectivity index (χ1v) is 17.5. The van der Waals surface area contributed by atoms with E-state index < -0.39 is 47.3 Å². The molecule has 56 heavy (non-hydrogen) atoms. The van der Waals surface area contributed by atoms with Crippen molar-refractivity contribution in [3.05, 3.63) is 142 Å². The lowest BCUT2D eigenvalue weighted by Gasteiger charge is -2.12. The smallest absolute Gasteiger partial charge is 0.258 e. The second-order valence-corrected chi connectivity index (χ2v) is 12.8. The molecule has 0 aliphatic carbocycles. The quantitative estimate of drug-likeness (QED) is 0.0639. The van der Waals surface area contributed by atoms with Crippen LogP contribution in [0, 0.1) is 0 Å². The number of carbonyl (C=O) groups excluding carboxylic acids is 6. The second-order valence-electron chi connectivity index (χ2n) is 12.0. The number of hydrogen-bond acceptors (Lipinski definition) is 10. The van der Waals surface area contributed by atoms with Gasteiger partial charge in [-0.05, 0) is 98.8 Å². The lowest BCUT2D eigenvalue weighted by atomic mass is 10.1. The Kier molecular flexibility index (Phi) is 13.6. The van der Waals surface area contributed by atoms with Crippen LogP contribution in [0.1, 0.15) is 34.6 Å². The maximum atomic E-state index is 13.1. The maximum Gasteiger partial charge on any atom is 0.258 e. The SMILES string of the molecule is CC(=O)C(N=Nc1cc(C(=O)Nc2ccccc2)ccc1Cl)C(=O)Nc1ccc(NC(=O)C(N=Nc2cc(C(=O)Nc3ccccc3)ccc2Cl)C(C)=O)cc1. The summed E-state index contributed by atoms with van der Waals surface area (Å²) in [6, 6.07) is 29.0. The van der Waals surface area contributed by atoms with Crippen LogP contribution in [0.2, 0.25) is 10.0 Å². The number of halogens is 2. The van der Waals surface area contributed by atoms with Crippen LogP contribution in [0.3, 0.4) is 0 Å². The molecular formula is C40H32Cl2N8O6. The second kappa shape index (κ2) is 18.9. The Hall–Kier alpha value is -6.90. The molecule has 2 unspecified atom stereocenters. The first kappa shape index (κ1) is 40.3. The van der Waals surface area contributed by atoms with Crippen molar-refractivity contribution >= 4 is 92.5 Å². The first-order valence-electron chi connectivity index (χ1n) is 16.7. The number of rotatable bonds is 14. The molecule has 5 aromatic carbocycles. The number of ketones is 2. The highest BCUT2D eigenvalue weighted by Crippen LogP contribution is 2.29. The first-order chi connectivity index (χ1) is 26.9. The molecule has 0 bridgehead atoms. The number of carbonyl (C=O) groups is 6. The molecule has 4 amide bonds. The van der Waals surface area contributed by atoms with Gasteiger partial charge >= 0.3 is 0 Å². The zero-order valence-electron chi connectivity index (χ0n) is 29.7. The summed E-state index contributed by atoms with van der Waals surface area (Å²) in [5.41, 5.74) is 2.25. The predicted molar refractivity (Wildman–Crippen MR) is 213 cm³/mol. The van der Waals surface area contributed by atoms with E-state index in [-0.39, 0.29) is 43.9 Å². The lowest BCUT2D eigenvalue weighted by molar-refractivity contribution is -0.127. The third kappa shape index (κ3) is 11.1. The van der Waals surface area contributed by atoms with Gasteiger partial charge in [-0.2, -0.15) is 20.5 Å². The fourth-order valence-corrected chi connectivity index (χ4v) is 5.16. The zero-order valence-corrected chi connectivity index (χ0v) is 31.2. The Labute approximate surface area is 330 Å². The summed E-state index contributed by atoms with van der Waals surface area (Å²) in [6.07, 6.45) is 0.